The molecule has 0 bridgehead atoms. The first-order valence-electron chi connectivity index (χ1n) is 6.91. The molecule has 1 nitrogen and oxygen atoms in total. The third kappa shape index (κ3) is 3.05. The van der Waals surface area contributed by atoms with Gasteiger partial charge < -0.3 is 5.32 Å². The van der Waals surface area contributed by atoms with Gasteiger partial charge in [-0.05, 0) is 43.1 Å². The lowest BCUT2D eigenvalue weighted by molar-refractivity contribution is 0.567. The van der Waals surface area contributed by atoms with Crippen molar-refractivity contribution in [2.75, 3.05) is 6.54 Å². The molecule has 0 spiro atoms. The Labute approximate surface area is 118 Å². The summed E-state index contributed by atoms with van der Waals surface area (Å²) in [5.41, 5.74) is 1.57. The number of nitrogens with one attached hydrogen (secondary N) is 1. The summed E-state index contributed by atoms with van der Waals surface area (Å²) < 4.78 is 27.9. The highest BCUT2D eigenvalue weighted by Crippen LogP contribution is 2.32. The molecule has 0 radical (unpaired) electrons. The monoisotopic (exact) mass is 275 g/mol. The fourth-order valence-electron chi connectivity index (χ4n) is 2.33. The van der Waals surface area contributed by atoms with Gasteiger partial charge in [-0.2, -0.15) is 0 Å². The van der Waals surface area contributed by atoms with Crippen LogP contribution in [0.4, 0.5) is 8.78 Å². The number of benzene rings is 2. The summed E-state index contributed by atoms with van der Waals surface area (Å²) in [4.78, 5) is 0. The van der Waals surface area contributed by atoms with Crippen molar-refractivity contribution in [3.63, 3.8) is 0 Å². The number of rotatable bonds is 5. The van der Waals surface area contributed by atoms with Gasteiger partial charge in [-0.1, -0.05) is 37.3 Å². The van der Waals surface area contributed by atoms with Crippen molar-refractivity contribution in [2.45, 2.75) is 26.3 Å². The second kappa shape index (κ2) is 6.62. The highest BCUT2D eigenvalue weighted by molar-refractivity contribution is 5.69. The molecule has 0 aromatic heterocycles. The molecule has 106 valence electrons. The molecule has 1 N–H and O–H groups in total. The molecule has 2 rings (SSSR count). The van der Waals surface area contributed by atoms with Gasteiger partial charge in [0.15, 0.2) is 0 Å². The fraction of sp³-hybridized carbons (Fsp3) is 0.294. The Morgan fingerprint density at radius 1 is 1.00 bits per heavy atom. The highest BCUT2D eigenvalue weighted by Gasteiger charge is 2.17. The summed E-state index contributed by atoms with van der Waals surface area (Å²) >= 11 is 0. The number of halogens is 2. The molecule has 2 aromatic carbocycles. The quantitative estimate of drug-likeness (QED) is 0.834. The SMILES string of the molecule is CCCNC(C)c1ccccc1-c1c(F)cccc1F. The van der Waals surface area contributed by atoms with Gasteiger partial charge in [0.05, 0.1) is 5.56 Å². The molecule has 0 fully saturated rings. The van der Waals surface area contributed by atoms with Gasteiger partial charge in [0.25, 0.3) is 0 Å². The van der Waals surface area contributed by atoms with Crippen LogP contribution in [0.15, 0.2) is 42.5 Å². The molecule has 1 atom stereocenters. The van der Waals surface area contributed by atoms with E-state index in [0.29, 0.717) is 5.56 Å². The zero-order chi connectivity index (χ0) is 14.5. The summed E-state index contributed by atoms with van der Waals surface area (Å²) in [5, 5.41) is 3.35. The molecule has 1 unspecified atom stereocenters. The van der Waals surface area contributed by atoms with E-state index in [4.69, 9.17) is 0 Å². The summed E-state index contributed by atoms with van der Waals surface area (Å²) in [7, 11) is 0. The van der Waals surface area contributed by atoms with Gasteiger partial charge in [-0.25, -0.2) is 8.78 Å². The number of hydrogen-bond acceptors (Lipinski definition) is 1. The Morgan fingerprint density at radius 3 is 2.30 bits per heavy atom. The van der Waals surface area contributed by atoms with Gasteiger partial charge in [0, 0.05) is 6.04 Å². The summed E-state index contributed by atoms with van der Waals surface area (Å²) in [5.74, 6) is -1.06. The summed E-state index contributed by atoms with van der Waals surface area (Å²) in [6.07, 6.45) is 1.01. The van der Waals surface area contributed by atoms with Gasteiger partial charge >= 0.3 is 0 Å². The Balaban J connectivity index is 2.47. The first-order valence-corrected chi connectivity index (χ1v) is 6.91. The van der Waals surface area contributed by atoms with E-state index in [1.165, 1.54) is 18.2 Å². The Hall–Kier alpha value is -1.74. The Bertz CT molecular complexity index is 561. The van der Waals surface area contributed by atoms with Gasteiger partial charge in [-0.15, -0.1) is 0 Å². The minimum absolute atomic E-state index is 0.0464. The lowest BCUT2D eigenvalue weighted by Crippen LogP contribution is -2.20. The predicted molar refractivity (Wildman–Crippen MR) is 78.5 cm³/mol. The van der Waals surface area contributed by atoms with Gasteiger partial charge in [0.1, 0.15) is 11.6 Å². The second-order valence-electron chi connectivity index (χ2n) is 4.86. The molecular formula is C17H19F2N. The minimum atomic E-state index is -0.528. The fourth-order valence-corrected chi connectivity index (χ4v) is 2.33. The van der Waals surface area contributed by atoms with E-state index in [1.54, 1.807) is 12.1 Å². The maximum absolute atomic E-state index is 14.0. The molecule has 0 aliphatic carbocycles. The third-order valence-electron chi connectivity index (χ3n) is 3.36. The smallest absolute Gasteiger partial charge is 0.133 e. The van der Waals surface area contributed by atoms with Crippen LogP contribution >= 0.6 is 0 Å². The molecule has 0 aliphatic heterocycles. The van der Waals surface area contributed by atoms with Crippen LogP contribution in [0.1, 0.15) is 31.9 Å². The van der Waals surface area contributed by atoms with Crippen LogP contribution in [0, 0.1) is 11.6 Å². The molecular weight excluding hydrogens is 256 g/mol. The molecule has 0 heterocycles. The lowest BCUT2D eigenvalue weighted by atomic mass is 9.95. The number of hydrogen-bond donors (Lipinski definition) is 1. The van der Waals surface area contributed by atoms with E-state index >= 15 is 0 Å². The molecule has 2 aromatic rings. The van der Waals surface area contributed by atoms with Crippen molar-refractivity contribution in [1.29, 1.82) is 0 Å². The van der Waals surface area contributed by atoms with Gasteiger partial charge in [-0.3, -0.25) is 0 Å². The largest absolute Gasteiger partial charge is 0.310 e. The van der Waals surface area contributed by atoms with E-state index in [0.717, 1.165) is 18.5 Å². The van der Waals surface area contributed by atoms with Crippen LogP contribution in [-0.4, -0.2) is 6.54 Å². The van der Waals surface area contributed by atoms with Crippen molar-refractivity contribution >= 4 is 0 Å². The normalized spacial score (nSPS) is 12.4. The van der Waals surface area contributed by atoms with Crippen LogP contribution in [-0.2, 0) is 0 Å². The van der Waals surface area contributed by atoms with E-state index in [9.17, 15) is 8.78 Å². The maximum Gasteiger partial charge on any atom is 0.133 e. The third-order valence-corrected chi connectivity index (χ3v) is 3.36. The van der Waals surface area contributed by atoms with E-state index in [2.05, 4.69) is 12.2 Å². The van der Waals surface area contributed by atoms with Crippen molar-refractivity contribution in [2.24, 2.45) is 0 Å². The van der Waals surface area contributed by atoms with Crippen LogP contribution < -0.4 is 5.32 Å². The Kier molecular flexibility index (Phi) is 4.85. The topological polar surface area (TPSA) is 12.0 Å². The van der Waals surface area contributed by atoms with Crippen molar-refractivity contribution in [3.05, 3.63) is 59.7 Å². The van der Waals surface area contributed by atoms with E-state index < -0.39 is 11.6 Å². The zero-order valence-electron chi connectivity index (χ0n) is 11.8. The summed E-state index contributed by atoms with van der Waals surface area (Å²) in [6.45, 7) is 4.96. The minimum Gasteiger partial charge on any atom is -0.310 e. The standard InChI is InChI=1S/C17H19F2N/c1-3-11-20-12(2)13-7-4-5-8-14(13)17-15(18)9-6-10-16(17)19/h4-10,12,20H,3,11H2,1-2H3. The van der Waals surface area contributed by atoms with Crippen LogP contribution in [0.3, 0.4) is 0 Å². The first-order chi connectivity index (χ1) is 9.65. The van der Waals surface area contributed by atoms with E-state index in [-0.39, 0.29) is 11.6 Å². The summed E-state index contributed by atoms with van der Waals surface area (Å²) in [6, 6.07) is 11.4. The molecule has 0 amide bonds. The molecule has 0 aliphatic rings. The second-order valence-corrected chi connectivity index (χ2v) is 4.86. The zero-order valence-corrected chi connectivity index (χ0v) is 11.8. The van der Waals surface area contributed by atoms with Crippen LogP contribution in [0.25, 0.3) is 11.1 Å². The van der Waals surface area contributed by atoms with Gasteiger partial charge in [0.2, 0.25) is 0 Å². The van der Waals surface area contributed by atoms with Crippen molar-refractivity contribution in [1.82, 2.24) is 5.32 Å². The molecule has 0 saturated carbocycles. The average molecular weight is 275 g/mol. The first kappa shape index (κ1) is 14.7. The predicted octanol–water partition coefficient (Wildman–Crippen LogP) is 4.69. The highest BCUT2D eigenvalue weighted by atomic mass is 19.1. The maximum atomic E-state index is 14.0. The molecule has 3 heteroatoms. The lowest BCUT2D eigenvalue weighted by Gasteiger charge is -2.18. The van der Waals surface area contributed by atoms with Crippen LogP contribution in [0.2, 0.25) is 0 Å². The van der Waals surface area contributed by atoms with Crippen LogP contribution in [0.5, 0.6) is 0 Å². The molecule has 20 heavy (non-hydrogen) atoms. The van der Waals surface area contributed by atoms with Crippen molar-refractivity contribution < 1.29 is 8.78 Å². The molecule has 0 saturated heterocycles. The Morgan fingerprint density at radius 2 is 1.65 bits per heavy atom. The van der Waals surface area contributed by atoms with Crippen molar-refractivity contribution in [3.8, 4) is 11.1 Å². The van der Waals surface area contributed by atoms with E-state index in [1.807, 2.05) is 19.1 Å². The average Bonchev–Trinajstić information content (AvgIpc) is 2.45.